The lowest BCUT2D eigenvalue weighted by Gasteiger charge is -2.35. The summed E-state index contributed by atoms with van der Waals surface area (Å²) in [5.74, 6) is 0.451. The number of nitrogens with zero attached hydrogens (tertiary/aromatic N) is 4. The predicted octanol–water partition coefficient (Wildman–Crippen LogP) is 3.79. The fraction of sp³-hybridized carbons (Fsp3) is 0.240. The number of rotatable bonds is 4. The highest BCUT2D eigenvalue weighted by Gasteiger charge is 2.16. The number of nitrogens with one attached hydrogen (secondary N) is 2. The normalized spacial score (nSPS) is 14.6. The highest BCUT2D eigenvalue weighted by Crippen LogP contribution is 2.26. The Morgan fingerprint density at radius 2 is 1.78 bits per heavy atom. The maximum Gasteiger partial charge on any atom is 0.257 e. The van der Waals surface area contributed by atoms with Gasteiger partial charge in [-0.1, -0.05) is 30.3 Å². The summed E-state index contributed by atoms with van der Waals surface area (Å²) in [4.78, 5) is 29.3. The zero-order valence-corrected chi connectivity index (χ0v) is 18.3. The van der Waals surface area contributed by atoms with E-state index in [0.29, 0.717) is 17.2 Å². The van der Waals surface area contributed by atoms with Gasteiger partial charge < -0.3 is 20.1 Å². The summed E-state index contributed by atoms with van der Waals surface area (Å²) in [6.45, 7) is 6.36. The smallest absolute Gasteiger partial charge is 0.257 e. The molecule has 0 amide bonds. The minimum atomic E-state index is -0.166. The summed E-state index contributed by atoms with van der Waals surface area (Å²) in [6, 6.07) is 17.7. The molecule has 1 fully saturated rings. The van der Waals surface area contributed by atoms with Crippen molar-refractivity contribution < 1.29 is 0 Å². The molecule has 0 spiro atoms. The first-order chi connectivity index (χ1) is 15.6. The van der Waals surface area contributed by atoms with Crippen LogP contribution in [0.25, 0.3) is 22.2 Å². The second-order valence-corrected chi connectivity index (χ2v) is 8.29. The fourth-order valence-corrected chi connectivity index (χ4v) is 4.15. The van der Waals surface area contributed by atoms with Gasteiger partial charge in [0.05, 0.1) is 0 Å². The van der Waals surface area contributed by atoms with Crippen molar-refractivity contribution >= 4 is 28.4 Å². The molecule has 1 aliphatic rings. The Morgan fingerprint density at radius 1 is 1.00 bits per heavy atom. The van der Waals surface area contributed by atoms with Gasteiger partial charge in [-0.2, -0.15) is 4.98 Å². The van der Waals surface area contributed by atoms with Crippen LogP contribution in [0.4, 0.5) is 17.3 Å². The molecule has 0 unspecified atom stereocenters. The van der Waals surface area contributed by atoms with E-state index in [9.17, 15) is 4.79 Å². The van der Waals surface area contributed by atoms with Crippen LogP contribution >= 0.6 is 0 Å². The van der Waals surface area contributed by atoms with Crippen molar-refractivity contribution in [3.05, 3.63) is 76.7 Å². The van der Waals surface area contributed by atoms with E-state index in [-0.39, 0.29) is 5.56 Å². The third kappa shape index (κ3) is 4.07. The van der Waals surface area contributed by atoms with Crippen LogP contribution < -0.4 is 15.8 Å². The quantitative estimate of drug-likeness (QED) is 0.517. The van der Waals surface area contributed by atoms with Crippen molar-refractivity contribution in [3.63, 3.8) is 0 Å². The highest BCUT2D eigenvalue weighted by atomic mass is 16.1. The number of H-pyrrole nitrogens is 1. The molecular weight excluding hydrogens is 400 g/mol. The lowest BCUT2D eigenvalue weighted by atomic mass is 10.1. The Bertz CT molecular complexity index is 1310. The van der Waals surface area contributed by atoms with Crippen LogP contribution in [0.1, 0.15) is 5.56 Å². The number of benzene rings is 2. The van der Waals surface area contributed by atoms with Gasteiger partial charge in [0.1, 0.15) is 5.65 Å². The molecule has 162 valence electrons. The molecule has 0 bridgehead atoms. The molecule has 1 saturated heterocycles. The van der Waals surface area contributed by atoms with Gasteiger partial charge in [0.2, 0.25) is 5.95 Å². The van der Waals surface area contributed by atoms with Gasteiger partial charge in [-0.15, -0.1) is 0 Å². The number of aromatic amines is 1. The van der Waals surface area contributed by atoms with Crippen LogP contribution in [0.15, 0.2) is 65.6 Å². The van der Waals surface area contributed by atoms with Crippen molar-refractivity contribution in [3.8, 4) is 11.1 Å². The van der Waals surface area contributed by atoms with Crippen molar-refractivity contribution in [2.24, 2.45) is 0 Å². The van der Waals surface area contributed by atoms with Crippen LogP contribution in [0, 0.1) is 6.92 Å². The Morgan fingerprint density at radius 3 is 2.53 bits per heavy atom. The summed E-state index contributed by atoms with van der Waals surface area (Å²) in [5.41, 5.74) is 5.22. The number of aromatic nitrogens is 3. The van der Waals surface area contributed by atoms with Gasteiger partial charge in [-0.3, -0.25) is 4.79 Å². The molecule has 32 heavy (non-hydrogen) atoms. The van der Waals surface area contributed by atoms with Gasteiger partial charge in [0, 0.05) is 54.7 Å². The molecule has 0 radical (unpaired) electrons. The minimum Gasteiger partial charge on any atom is -0.369 e. The average molecular weight is 427 g/mol. The lowest BCUT2D eigenvalue weighted by Crippen LogP contribution is -2.44. The zero-order valence-electron chi connectivity index (χ0n) is 18.3. The minimum absolute atomic E-state index is 0.166. The maximum atomic E-state index is 12.6. The molecule has 5 rings (SSSR count). The van der Waals surface area contributed by atoms with Gasteiger partial charge >= 0.3 is 0 Å². The molecule has 4 aromatic rings. The topological polar surface area (TPSA) is 77.1 Å². The number of hydrogen-bond acceptors (Lipinski definition) is 6. The average Bonchev–Trinajstić information content (AvgIpc) is 2.80. The first kappa shape index (κ1) is 20.2. The van der Waals surface area contributed by atoms with E-state index in [2.05, 4.69) is 62.2 Å². The number of piperazine rings is 1. The molecule has 2 aromatic heterocycles. The van der Waals surface area contributed by atoms with E-state index in [0.717, 1.165) is 42.8 Å². The van der Waals surface area contributed by atoms with Gasteiger partial charge in [0.25, 0.3) is 5.56 Å². The molecule has 0 aliphatic carbocycles. The van der Waals surface area contributed by atoms with Crippen molar-refractivity contribution in [1.29, 1.82) is 0 Å². The summed E-state index contributed by atoms with van der Waals surface area (Å²) in [6.07, 6.45) is 1.73. The molecule has 7 heteroatoms. The first-order valence-corrected chi connectivity index (χ1v) is 10.8. The molecule has 1 aliphatic heterocycles. The molecule has 2 aromatic carbocycles. The Kier molecular flexibility index (Phi) is 5.33. The lowest BCUT2D eigenvalue weighted by molar-refractivity contribution is 0.312. The number of pyridine rings is 1. The van der Waals surface area contributed by atoms with Crippen LogP contribution in [0.5, 0.6) is 0 Å². The predicted molar refractivity (Wildman–Crippen MR) is 130 cm³/mol. The maximum absolute atomic E-state index is 12.6. The van der Waals surface area contributed by atoms with E-state index < -0.39 is 0 Å². The van der Waals surface area contributed by atoms with Crippen LogP contribution in [0.2, 0.25) is 0 Å². The Labute approximate surface area is 186 Å². The van der Waals surface area contributed by atoms with E-state index in [4.69, 9.17) is 0 Å². The fourth-order valence-electron chi connectivity index (χ4n) is 4.15. The van der Waals surface area contributed by atoms with Gasteiger partial charge in [0.15, 0.2) is 0 Å². The van der Waals surface area contributed by atoms with E-state index in [1.54, 1.807) is 6.20 Å². The number of fused-ring (bicyclic) bond motifs is 1. The molecule has 2 N–H and O–H groups in total. The van der Waals surface area contributed by atoms with Crippen LogP contribution in [0.3, 0.4) is 0 Å². The van der Waals surface area contributed by atoms with Crippen molar-refractivity contribution in [2.75, 3.05) is 43.4 Å². The summed E-state index contributed by atoms with van der Waals surface area (Å²) >= 11 is 0. The van der Waals surface area contributed by atoms with Gasteiger partial charge in [-0.05, 0) is 49.4 Å². The third-order valence-corrected chi connectivity index (χ3v) is 5.98. The van der Waals surface area contributed by atoms with Gasteiger partial charge in [-0.25, -0.2) is 4.98 Å². The van der Waals surface area contributed by atoms with Crippen molar-refractivity contribution in [1.82, 2.24) is 19.9 Å². The zero-order chi connectivity index (χ0) is 22.1. The number of aryl methyl sites for hydroxylation is 1. The SMILES string of the molecule is Cc1cc(Nc2ncc3cc(-c4ccccc4)c(=O)[nH]c3n2)ccc1N1CCN(C)CC1. The number of hydrogen-bond donors (Lipinski definition) is 2. The van der Waals surface area contributed by atoms with E-state index in [1.165, 1.54) is 11.3 Å². The summed E-state index contributed by atoms with van der Waals surface area (Å²) in [5, 5.41) is 4.06. The summed E-state index contributed by atoms with van der Waals surface area (Å²) in [7, 11) is 2.16. The molecule has 7 nitrogen and oxygen atoms in total. The van der Waals surface area contributed by atoms with Crippen LogP contribution in [-0.4, -0.2) is 53.1 Å². The van der Waals surface area contributed by atoms with Crippen LogP contribution in [-0.2, 0) is 0 Å². The number of likely N-dealkylation sites (N-methyl/N-ethyl adjacent to an activating group) is 1. The first-order valence-electron chi connectivity index (χ1n) is 10.8. The van der Waals surface area contributed by atoms with E-state index >= 15 is 0 Å². The standard InChI is InChI=1S/C25H26N6O/c1-17-14-20(8-9-22(17)31-12-10-30(2)11-13-31)27-25-26-16-19-15-21(18-6-4-3-5-7-18)24(32)28-23(19)29-25/h3-9,14-16H,10-13H2,1-2H3,(H2,26,27,28,29,32). The highest BCUT2D eigenvalue weighted by molar-refractivity contribution is 5.81. The second kappa shape index (κ2) is 8.43. The summed E-state index contributed by atoms with van der Waals surface area (Å²) < 4.78 is 0. The second-order valence-electron chi connectivity index (χ2n) is 8.29. The van der Waals surface area contributed by atoms with Crippen molar-refractivity contribution in [2.45, 2.75) is 6.92 Å². The Balaban J connectivity index is 1.38. The largest absolute Gasteiger partial charge is 0.369 e. The molecule has 0 saturated carbocycles. The molecular formula is C25H26N6O. The Hall–Kier alpha value is -3.71. The molecule has 0 atom stereocenters. The third-order valence-electron chi connectivity index (χ3n) is 5.98. The molecule has 3 heterocycles. The number of anilines is 3. The van der Waals surface area contributed by atoms with E-state index in [1.807, 2.05) is 36.4 Å². The monoisotopic (exact) mass is 426 g/mol.